The highest BCUT2D eigenvalue weighted by Crippen LogP contribution is 2.28. The third kappa shape index (κ3) is 2.34. The highest BCUT2D eigenvalue weighted by molar-refractivity contribution is 6.18. The summed E-state index contributed by atoms with van der Waals surface area (Å²) < 4.78 is 5.42. The maximum absolute atomic E-state index is 6.16. The molecule has 18 heavy (non-hydrogen) atoms. The highest BCUT2D eigenvalue weighted by atomic mass is 35.5. The third-order valence-corrected chi connectivity index (χ3v) is 4.54. The first kappa shape index (κ1) is 12.2. The number of hydrogen-bond donors (Lipinski definition) is 1. The van der Waals surface area contributed by atoms with Gasteiger partial charge in [-0.1, -0.05) is 6.07 Å². The minimum absolute atomic E-state index is 0.0420. The lowest BCUT2D eigenvalue weighted by Gasteiger charge is -2.36. The van der Waals surface area contributed by atoms with Gasteiger partial charge in [0.2, 0.25) is 0 Å². The maximum Gasteiger partial charge on any atom is 0.126 e. The minimum atomic E-state index is -0.0420. The number of nitrogens with one attached hydrogen (secondary N) is 1. The van der Waals surface area contributed by atoms with Gasteiger partial charge in [0, 0.05) is 24.8 Å². The van der Waals surface area contributed by atoms with Crippen molar-refractivity contribution in [3.63, 3.8) is 0 Å². The summed E-state index contributed by atoms with van der Waals surface area (Å²) in [6.45, 7) is 1.56. The van der Waals surface area contributed by atoms with Crippen LogP contribution in [0.5, 0.6) is 0 Å². The number of halogens is 1. The molecule has 0 bridgehead atoms. The first-order chi connectivity index (χ1) is 8.81. The standard InChI is InChI=1S/C14H19ClN2O/c15-10-14(6-8-18-9-7-14)17-13-5-4-11-2-1-3-12(11)16-13/h4-5H,1-3,6-10H2,(H,16,17). The number of anilines is 1. The Bertz CT molecular complexity index is 430. The summed E-state index contributed by atoms with van der Waals surface area (Å²) in [6, 6.07) is 4.30. The number of rotatable bonds is 3. The van der Waals surface area contributed by atoms with Crippen molar-refractivity contribution in [3.8, 4) is 0 Å². The molecular weight excluding hydrogens is 248 g/mol. The smallest absolute Gasteiger partial charge is 0.126 e. The number of pyridine rings is 1. The van der Waals surface area contributed by atoms with E-state index in [1.807, 2.05) is 0 Å². The van der Waals surface area contributed by atoms with Crippen LogP contribution in [0, 0.1) is 0 Å². The fourth-order valence-corrected chi connectivity index (χ4v) is 3.15. The van der Waals surface area contributed by atoms with Gasteiger partial charge in [0.05, 0.1) is 5.54 Å². The maximum atomic E-state index is 6.16. The molecule has 0 atom stereocenters. The van der Waals surface area contributed by atoms with Gasteiger partial charge in [-0.15, -0.1) is 11.6 Å². The van der Waals surface area contributed by atoms with Crippen molar-refractivity contribution in [1.82, 2.24) is 4.98 Å². The molecule has 1 aliphatic heterocycles. The van der Waals surface area contributed by atoms with Crippen LogP contribution in [0.4, 0.5) is 5.82 Å². The minimum Gasteiger partial charge on any atom is -0.381 e. The Morgan fingerprint density at radius 2 is 2.11 bits per heavy atom. The lowest BCUT2D eigenvalue weighted by Crippen LogP contribution is -2.45. The average Bonchev–Trinajstić information content (AvgIpc) is 2.87. The van der Waals surface area contributed by atoms with E-state index in [4.69, 9.17) is 21.3 Å². The fourth-order valence-electron chi connectivity index (χ4n) is 2.82. The molecule has 1 N–H and O–H groups in total. The normalized spacial score (nSPS) is 21.6. The van der Waals surface area contributed by atoms with Crippen LogP contribution >= 0.6 is 11.6 Å². The zero-order chi connectivity index (χ0) is 12.4. The molecule has 0 amide bonds. The average molecular weight is 267 g/mol. The van der Waals surface area contributed by atoms with Gasteiger partial charge in [-0.25, -0.2) is 4.98 Å². The van der Waals surface area contributed by atoms with Crippen LogP contribution in [0.25, 0.3) is 0 Å². The Hall–Kier alpha value is -0.800. The van der Waals surface area contributed by atoms with Crippen LogP contribution in [-0.2, 0) is 17.6 Å². The van der Waals surface area contributed by atoms with Crippen molar-refractivity contribution >= 4 is 17.4 Å². The zero-order valence-electron chi connectivity index (χ0n) is 10.5. The van der Waals surface area contributed by atoms with Gasteiger partial charge in [-0.2, -0.15) is 0 Å². The Morgan fingerprint density at radius 3 is 2.89 bits per heavy atom. The van der Waals surface area contributed by atoms with Gasteiger partial charge >= 0.3 is 0 Å². The van der Waals surface area contributed by atoms with Crippen molar-refractivity contribution in [3.05, 3.63) is 23.4 Å². The monoisotopic (exact) mass is 266 g/mol. The lowest BCUT2D eigenvalue weighted by atomic mass is 9.92. The van der Waals surface area contributed by atoms with E-state index >= 15 is 0 Å². The second kappa shape index (κ2) is 5.06. The van der Waals surface area contributed by atoms with Crippen molar-refractivity contribution in [2.75, 3.05) is 24.4 Å². The molecule has 3 nitrogen and oxygen atoms in total. The number of alkyl halides is 1. The first-order valence-corrected chi connectivity index (χ1v) is 7.25. The molecular formula is C14H19ClN2O. The largest absolute Gasteiger partial charge is 0.381 e. The van der Waals surface area contributed by atoms with E-state index < -0.39 is 0 Å². The van der Waals surface area contributed by atoms with Crippen LogP contribution in [-0.4, -0.2) is 29.6 Å². The molecule has 0 aromatic carbocycles. The Kier molecular flexibility index (Phi) is 3.44. The van der Waals surface area contributed by atoms with Crippen molar-refractivity contribution in [1.29, 1.82) is 0 Å². The SMILES string of the molecule is ClCC1(Nc2ccc3c(n2)CCC3)CCOCC1. The molecule has 98 valence electrons. The van der Waals surface area contributed by atoms with Gasteiger partial charge in [0.25, 0.3) is 0 Å². The molecule has 1 aliphatic carbocycles. The van der Waals surface area contributed by atoms with E-state index in [9.17, 15) is 0 Å². The van der Waals surface area contributed by atoms with Gasteiger partial charge in [-0.05, 0) is 43.7 Å². The van der Waals surface area contributed by atoms with Crippen molar-refractivity contribution in [2.45, 2.75) is 37.6 Å². The molecule has 2 aliphatic rings. The number of hydrogen-bond acceptors (Lipinski definition) is 3. The zero-order valence-corrected chi connectivity index (χ0v) is 11.3. The predicted molar refractivity (Wildman–Crippen MR) is 73.4 cm³/mol. The number of ether oxygens (including phenoxy) is 1. The van der Waals surface area contributed by atoms with Gasteiger partial charge in [0.15, 0.2) is 0 Å². The van der Waals surface area contributed by atoms with E-state index in [2.05, 4.69) is 17.4 Å². The second-order valence-electron chi connectivity index (χ2n) is 5.31. The Morgan fingerprint density at radius 1 is 1.28 bits per heavy atom. The molecule has 0 spiro atoms. The van der Waals surface area contributed by atoms with E-state index in [1.165, 1.54) is 24.1 Å². The molecule has 1 fully saturated rings. The number of aryl methyl sites for hydroxylation is 2. The van der Waals surface area contributed by atoms with Crippen molar-refractivity contribution < 1.29 is 4.74 Å². The Labute approximate surface area is 113 Å². The highest BCUT2D eigenvalue weighted by Gasteiger charge is 2.32. The van der Waals surface area contributed by atoms with Crippen LogP contribution in [0.3, 0.4) is 0 Å². The van der Waals surface area contributed by atoms with Gasteiger partial charge in [-0.3, -0.25) is 0 Å². The Balaban J connectivity index is 1.78. The lowest BCUT2D eigenvalue weighted by molar-refractivity contribution is 0.0666. The number of aromatic nitrogens is 1. The van der Waals surface area contributed by atoms with E-state index in [-0.39, 0.29) is 5.54 Å². The van der Waals surface area contributed by atoms with E-state index in [0.29, 0.717) is 5.88 Å². The molecule has 2 heterocycles. The third-order valence-electron chi connectivity index (χ3n) is 4.03. The summed E-state index contributed by atoms with van der Waals surface area (Å²) >= 11 is 6.16. The summed E-state index contributed by atoms with van der Waals surface area (Å²) in [6.07, 6.45) is 5.43. The molecule has 1 saturated heterocycles. The second-order valence-corrected chi connectivity index (χ2v) is 5.57. The van der Waals surface area contributed by atoms with Crippen LogP contribution in [0.1, 0.15) is 30.5 Å². The fraction of sp³-hybridized carbons (Fsp3) is 0.643. The molecule has 3 rings (SSSR count). The van der Waals surface area contributed by atoms with Crippen LogP contribution in [0.2, 0.25) is 0 Å². The topological polar surface area (TPSA) is 34.2 Å². The number of nitrogens with zero attached hydrogens (tertiary/aromatic N) is 1. The summed E-state index contributed by atoms with van der Waals surface area (Å²) in [5.41, 5.74) is 2.63. The molecule has 0 unspecified atom stereocenters. The summed E-state index contributed by atoms with van der Waals surface area (Å²) in [7, 11) is 0. The van der Waals surface area contributed by atoms with Crippen LogP contribution < -0.4 is 5.32 Å². The summed E-state index contributed by atoms with van der Waals surface area (Å²) in [5, 5.41) is 3.55. The van der Waals surface area contributed by atoms with Crippen molar-refractivity contribution in [2.24, 2.45) is 0 Å². The summed E-state index contributed by atoms with van der Waals surface area (Å²) in [4.78, 5) is 4.73. The number of fused-ring (bicyclic) bond motifs is 1. The van der Waals surface area contributed by atoms with Crippen LogP contribution in [0.15, 0.2) is 12.1 Å². The molecule has 1 aromatic heterocycles. The first-order valence-electron chi connectivity index (χ1n) is 6.72. The summed E-state index contributed by atoms with van der Waals surface area (Å²) in [5.74, 6) is 1.58. The molecule has 4 heteroatoms. The molecule has 0 radical (unpaired) electrons. The van der Waals surface area contributed by atoms with Gasteiger partial charge < -0.3 is 10.1 Å². The van der Waals surface area contributed by atoms with Gasteiger partial charge in [0.1, 0.15) is 5.82 Å². The quantitative estimate of drug-likeness (QED) is 0.855. The predicted octanol–water partition coefficient (Wildman–Crippen LogP) is 2.77. The van der Waals surface area contributed by atoms with E-state index in [1.54, 1.807) is 0 Å². The molecule has 0 saturated carbocycles. The molecule has 1 aromatic rings. The van der Waals surface area contributed by atoms with E-state index in [0.717, 1.165) is 38.3 Å².